The van der Waals surface area contributed by atoms with Crippen molar-refractivity contribution in [2.45, 2.75) is 6.04 Å². The molecule has 0 saturated carbocycles. The van der Waals surface area contributed by atoms with E-state index >= 15 is 0 Å². The largest absolute Gasteiger partial charge is 0.507 e. The molecule has 0 radical (unpaired) electrons. The molecule has 1 aliphatic rings. The first-order valence-electron chi connectivity index (χ1n) is 8.22. The molecule has 0 unspecified atom stereocenters. The Kier molecular flexibility index (Phi) is 5.99. The number of rotatable bonds is 5. The highest BCUT2D eigenvalue weighted by Crippen LogP contribution is 2.39. The lowest BCUT2D eigenvalue weighted by atomic mass is 9.95. The van der Waals surface area contributed by atoms with Crippen LogP contribution < -0.4 is 0 Å². The Bertz CT molecular complexity index is 893. The number of aliphatic hydroxyl groups is 1. The average molecular weight is 451 g/mol. The Labute approximate surface area is 170 Å². The van der Waals surface area contributed by atoms with Crippen LogP contribution >= 0.6 is 27.5 Å². The Morgan fingerprint density at radius 2 is 1.78 bits per heavy atom. The Morgan fingerprint density at radius 1 is 1.15 bits per heavy atom. The van der Waals surface area contributed by atoms with E-state index in [9.17, 15) is 14.7 Å². The van der Waals surface area contributed by atoms with Crippen molar-refractivity contribution in [2.24, 2.45) is 0 Å². The molecule has 1 amide bonds. The van der Waals surface area contributed by atoms with Gasteiger partial charge < -0.3 is 14.7 Å². The molecule has 7 heteroatoms. The number of ketones is 1. The van der Waals surface area contributed by atoms with Gasteiger partial charge in [0.05, 0.1) is 18.2 Å². The van der Waals surface area contributed by atoms with Crippen molar-refractivity contribution >= 4 is 45.0 Å². The van der Waals surface area contributed by atoms with Crippen molar-refractivity contribution in [3.05, 3.63) is 74.7 Å². The highest BCUT2D eigenvalue weighted by molar-refractivity contribution is 9.10. The third-order valence-corrected chi connectivity index (χ3v) is 5.16. The standard InChI is InChI=1S/C20H17BrClNO4/c1-27-11-10-23-17(12-2-6-14(21)7-3-12)16(19(25)20(23)26)18(24)13-4-8-15(22)9-5-13/h2-9,17,24H,10-11H2,1H3/t17-/m1/s1. The number of likely N-dealkylation sites (tertiary alicyclic amines) is 1. The second-order valence-corrected chi connectivity index (χ2v) is 7.40. The van der Waals surface area contributed by atoms with E-state index in [1.165, 1.54) is 12.0 Å². The van der Waals surface area contributed by atoms with Crippen LogP contribution in [0.15, 0.2) is 58.6 Å². The Morgan fingerprint density at radius 3 is 2.37 bits per heavy atom. The fourth-order valence-corrected chi connectivity index (χ4v) is 3.45. The van der Waals surface area contributed by atoms with Gasteiger partial charge in [0.25, 0.3) is 11.7 Å². The number of nitrogens with zero attached hydrogens (tertiary/aromatic N) is 1. The topological polar surface area (TPSA) is 66.8 Å². The number of Topliss-reactive ketones (excluding diaryl/α,β-unsaturated/α-hetero) is 1. The SMILES string of the molecule is COCCN1C(=O)C(=O)C(=C(O)c2ccc(Cl)cc2)[C@H]1c1ccc(Br)cc1. The lowest BCUT2D eigenvalue weighted by Crippen LogP contribution is -2.32. The van der Waals surface area contributed by atoms with Crippen molar-refractivity contribution in [2.75, 3.05) is 20.3 Å². The van der Waals surface area contributed by atoms with E-state index in [1.807, 2.05) is 24.3 Å². The molecule has 0 aliphatic carbocycles. The van der Waals surface area contributed by atoms with Gasteiger partial charge in [-0.2, -0.15) is 0 Å². The maximum absolute atomic E-state index is 12.7. The summed E-state index contributed by atoms with van der Waals surface area (Å²) >= 11 is 9.28. The number of ether oxygens (including phenoxy) is 1. The summed E-state index contributed by atoms with van der Waals surface area (Å²) in [6.45, 7) is 0.514. The van der Waals surface area contributed by atoms with Gasteiger partial charge in [0, 0.05) is 28.7 Å². The molecule has 0 aromatic heterocycles. The van der Waals surface area contributed by atoms with Crippen LogP contribution in [-0.2, 0) is 14.3 Å². The summed E-state index contributed by atoms with van der Waals surface area (Å²) in [6, 6.07) is 13.0. The first kappa shape index (κ1) is 19.6. The first-order chi connectivity index (χ1) is 12.9. The lowest BCUT2D eigenvalue weighted by Gasteiger charge is -2.25. The van der Waals surface area contributed by atoms with E-state index in [1.54, 1.807) is 24.3 Å². The maximum atomic E-state index is 12.7. The van der Waals surface area contributed by atoms with Crippen LogP contribution in [0.2, 0.25) is 5.02 Å². The Hall–Kier alpha value is -2.15. The maximum Gasteiger partial charge on any atom is 0.295 e. The highest BCUT2D eigenvalue weighted by atomic mass is 79.9. The molecule has 140 valence electrons. The van der Waals surface area contributed by atoms with E-state index in [2.05, 4.69) is 15.9 Å². The fraction of sp³-hybridized carbons (Fsp3) is 0.200. The monoisotopic (exact) mass is 449 g/mol. The number of methoxy groups -OCH3 is 1. The predicted octanol–water partition coefficient (Wildman–Crippen LogP) is 4.17. The fourth-order valence-electron chi connectivity index (χ4n) is 3.06. The number of hydrogen-bond donors (Lipinski definition) is 1. The smallest absolute Gasteiger partial charge is 0.295 e. The molecule has 1 fully saturated rings. The van der Waals surface area contributed by atoms with Gasteiger partial charge >= 0.3 is 0 Å². The minimum absolute atomic E-state index is 0.0562. The number of halogens is 2. The summed E-state index contributed by atoms with van der Waals surface area (Å²) in [7, 11) is 1.53. The zero-order chi connectivity index (χ0) is 19.6. The molecular weight excluding hydrogens is 434 g/mol. The summed E-state index contributed by atoms with van der Waals surface area (Å²) in [5, 5.41) is 11.3. The summed E-state index contributed by atoms with van der Waals surface area (Å²) in [4.78, 5) is 26.8. The third-order valence-electron chi connectivity index (χ3n) is 4.38. The average Bonchev–Trinajstić information content (AvgIpc) is 2.91. The quantitative estimate of drug-likeness (QED) is 0.422. The molecule has 2 aromatic rings. The van der Waals surface area contributed by atoms with Crippen molar-refractivity contribution in [3.63, 3.8) is 0 Å². The summed E-state index contributed by atoms with van der Waals surface area (Å²) < 4.78 is 5.95. The molecule has 0 bridgehead atoms. The van der Waals surface area contributed by atoms with Crippen molar-refractivity contribution < 1.29 is 19.4 Å². The van der Waals surface area contributed by atoms with Gasteiger partial charge in [0.1, 0.15) is 5.76 Å². The van der Waals surface area contributed by atoms with Crippen LogP contribution in [0, 0.1) is 0 Å². The van der Waals surface area contributed by atoms with Crippen molar-refractivity contribution in [1.29, 1.82) is 0 Å². The van der Waals surface area contributed by atoms with Gasteiger partial charge in [-0.05, 0) is 42.0 Å². The van der Waals surface area contributed by atoms with Gasteiger partial charge in [0.15, 0.2) is 0 Å². The van der Waals surface area contributed by atoms with Crippen LogP contribution in [0.4, 0.5) is 0 Å². The van der Waals surface area contributed by atoms with Gasteiger partial charge in [-0.25, -0.2) is 0 Å². The van der Waals surface area contributed by atoms with Crippen molar-refractivity contribution in [3.8, 4) is 0 Å². The third kappa shape index (κ3) is 3.93. The molecule has 1 N–H and O–H groups in total. The zero-order valence-corrected chi connectivity index (χ0v) is 16.8. The number of hydrogen-bond acceptors (Lipinski definition) is 4. The number of aliphatic hydroxyl groups excluding tert-OH is 1. The van der Waals surface area contributed by atoms with Crippen LogP contribution in [0.1, 0.15) is 17.2 Å². The van der Waals surface area contributed by atoms with Gasteiger partial charge in [-0.3, -0.25) is 9.59 Å². The highest BCUT2D eigenvalue weighted by Gasteiger charge is 2.45. The number of amides is 1. The molecule has 0 spiro atoms. The molecule has 27 heavy (non-hydrogen) atoms. The molecule has 1 atom stereocenters. The molecule has 1 aliphatic heterocycles. The molecule has 2 aromatic carbocycles. The summed E-state index contributed by atoms with van der Waals surface area (Å²) in [5.74, 6) is -1.60. The summed E-state index contributed by atoms with van der Waals surface area (Å²) in [6.07, 6.45) is 0. The van der Waals surface area contributed by atoms with Gasteiger partial charge in [0.2, 0.25) is 0 Å². The lowest BCUT2D eigenvalue weighted by molar-refractivity contribution is -0.140. The Balaban J connectivity index is 2.14. The van der Waals surface area contributed by atoms with E-state index < -0.39 is 17.7 Å². The van der Waals surface area contributed by atoms with Crippen molar-refractivity contribution in [1.82, 2.24) is 4.90 Å². The molecule has 1 saturated heterocycles. The van der Waals surface area contributed by atoms with Crippen LogP contribution in [0.5, 0.6) is 0 Å². The van der Waals surface area contributed by atoms with E-state index in [0.29, 0.717) is 10.6 Å². The molecule has 5 nitrogen and oxygen atoms in total. The van der Waals surface area contributed by atoms with E-state index in [0.717, 1.165) is 10.0 Å². The summed E-state index contributed by atoms with van der Waals surface area (Å²) in [5.41, 5.74) is 1.20. The molecule has 1 heterocycles. The number of carbonyl (C=O) groups excluding carboxylic acids is 2. The van der Waals surface area contributed by atoms with Crippen LogP contribution in [0.25, 0.3) is 5.76 Å². The first-order valence-corrected chi connectivity index (χ1v) is 9.40. The minimum Gasteiger partial charge on any atom is -0.507 e. The van der Waals surface area contributed by atoms with Crippen LogP contribution in [-0.4, -0.2) is 42.0 Å². The minimum atomic E-state index is -0.716. The van der Waals surface area contributed by atoms with Gasteiger partial charge in [-0.1, -0.05) is 39.7 Å². The van der Waals surface area contributed by atoms with E-state index in [4.69, 9.17) is 16.3 Å². The zero-order valence-electron chi connectivity index (χ0n) is 14.5. The number of benzene rings is 2. The normalized spacial score (nSPS) is 18.9. The van der Waals surface area contributed by atoms with E-state index in [-0.39, 0.29) is 24.5 Å². The number of carbonyl (C=O) groups is 2. The second kappa shape index (κ2) is 8.25. The predicted molar refractivity (Wildman–Crippen MR) is 106 cm³/mol. The molecule has 3 rings (SSSR count). The van der Waals surface area contributed by atoms with Gasteiger partial charge in [-0.15, -0.1) is 0 Å². The molecular formula is C20H17BrClNO4. The second-order valence-electron chi connectivity index (χ2n) is 6.04. The van der Waals surface area contributed by atoms with Crippen LogP contribution in [0.3, 0.4) is 0 Å².